The van der Waals surface area contributed by atoms with Gasteiger partial charge in [-0.1, -0.05) is 372 Å². The van der Waals surface area contributed by atoms with E-state index < -0.39 is 26.5 Å². The van der Waals surface area contributed by atoms with Crippen molar-refractivity contribution in [3.63, 3.8) is 0 Å². The third-order valence-electron chi connectivity index (χ3n) is 17.8. The summed E-state index contributed by atoms with van der Waals surface area (Å²) in [5.74, 6) is -0.858. The van der Waals surface area contributed by atoms with Crippen LogP contribution in [0.4, 0.5) is 0 Å². The minimum absolute atomic E-state index is 0.0418. The van der Waals surface area contributed by atoms with Gasteiger partial charge in [-0.3, -0.25) is 14.2 Å². The van der Waals surface area contributed by atoms with E-state index in [1.54, 1.807) is 0 Å². The number of carbonyl (C=O) groups excluding carboxylic acids is 2. The van der Waals surface area contributed by atoms with Crippen molar-refractivity contribution in [2.45, 2.75) is 367 Å². The number of unbranched alkanes of at least 4 members (excludes halogenated alkanes) is 38. The molecule has 0 amide bonds. The average Bonchev–Trinajstić information content (AvgIpc) is 1.65. The maximum Gasteiger partial charge on any atom is 0.306 e. The van der Waals surface area contributed by atoms with Crippen molar-refractivity contribution in [1.29, 1.82) is 0 Å². The zero-order chi connectivity index (χ0) is 72.5. The zero-order valence-electron chi connectivity index (χ0n) is 65.6. The first kappa shape index (κ1) is 95.9. The molecule has 0 bridgehead atoms. The van der Waals surface area contributed by atoms with Gasteiger partial charge >= 0.3 is 11.9 Å². The van der Waals surface area contributed by atoms with E-state index in [0.717, 1.165) is 116 Å². The summed E-state index contributed by atoms with van der Waals surface area (Å²) in [5.41, 5.74) is 0. The van der Waals surface area contributed by atoms with E-state index in [-0.39, 0.29) is 32.0 Å². The Hall–Kier alpha value is -4.11. The van der Waals surface area contributed by atoms with Gasteiger partial charge in [-0.25, -0.2) is 0 Å². The van der Waals surface area contributed by atoms with Crippen molar-refractivity contribution >= 4 is 19.8 Å². The normalized spacial score (nSPS) is 13.8. The number of nitrogens with zero attached hydrogens (tertiary/aromatic N) is 1. The molecule has 0 aliphatic carbocycles. The van der Waals surface area contributed by atoms with E-state index in [4.69, 9.17) is 18.5 Å². The minimum atomic E-state index is -4.66. The Labute approximate surface area is 618 Å². The second kappa shape index (κ2) is 79.0. The number of esters is 2. The number of hydrogen-bond acceptors (Lipinski definition) is 8. The molecule has 10 heteroatoms. The first-order valence-electron chi connectivity index (χ1n) is 41.5. The van der Waals surface area contributed by atoms with Crippen LogP contribution < -0.4 is 4.89 Å². The summed E-state index contributed by atoms with van der Waals surface area (Å²) in [6.45, 7) is 4.11. The molecule has 2 unspecified atom stereocenters. The highest BCUT2D eigenvalue weighted by Gasteiger charge is 2.22. The molecule has 2 atom stereocenters. The van der Waals surface area contributed by atoms with Gasteiger partial charge in [0, 0.05) is 12.8 Å². The lowest BCUT2D eigenvalue weighted by molar-refractivity contribution is -0.870. The Morgan fingerprint density at radius 2 is 0.570 bits per heavy atom. The van der Waals surface area contributed by atoms with Gasteiger partial charge in [-0.15, -0.1) is 0 Å². The summed E-state index contributed by atoms with van der Waals surface area (Å²) in [4.78, 5) is 38.2. The fourth-order valence-electron chi connectivity index (χ4n) is 11.5. The van der Waals surface area contributed by atoms with E-state index in [1.807, 2.05) is 21.1 Å². The van der Waals surface area contributed by atoms with Gasteiger partial charge in [0.1, 0.15) is 19.8 Å². The molecule has 0 heterocycles. The number of phosphoric acid groups is 1. The van der Waals surface area contributed by atoms with Gasteiger partial charge in [-0.2, -0.15) is 0 Å². The molecule has 0 aromatic heterocycles. The fraction of sp³-hybridized carbons (Fsp3) is 0.711. The highest BCUT2D eigenvalue weighted by atomic mass is 31.2. The predicted molar refractivity (Wildman–Crippen MR) is 434 cm³/mol. The second-order valence-electron chi connectivity index (χ2n) is 28.8. The standard InChI is InChI=1S/C90H156NO8P/c1-6-8-10-12-14-16-18-20-22-24-26-28-30-32-34-36-38-40-42-43-44-45-46-47-49-50-52-54-56-58-60-62-64-66-68-70-72-74-76-78-80-82-89(92)96-86-88(87-98-100(94,95)97-85-84-91(3,4)5)99-90(93)83-81-79-77-75-73-71-69-67-65-63-61-59-57-55-53-51-48-41-39-37-35-33-31-29-27-25-23-21-19-17-15-13-11-9-7-2/h9,11,15,17-18,20-21,23-24,26-27,29,33,35,39,41,51,53,57,59,63,65,69,71,88H,6-8,10,12-14,16,19,22,25,28,30-32,34,36-38,40,42-50,52,54-56,58,60-62,64,66-68,70,72-87H2,1-5H3/b11-9-,17-15-,20-18-,23-21-,26-24-,29-27-,35-33-,41-39-,53-51-,59-57-,65-63-,71-69-. The predicted octanol–water partition coefficient (Wildman–Crippen LogP) is 27.4. The number of quaternary nitrogens is 1. The van der Waals surface area contributed by atoms with Crippen LogP contribution in [0, 0.1) is 0 Å². The van der Waals surface area contributed by atoms with Crippen LogP contribution in [0.3, 0.4) is 0 Å². The monoisotopic (exact) mass is 1410 g/mol. The molecule has 0 saturated heterocycles. The lowest BCUT2D eigenvalue weighted by Gasteiger charge is -2.28. The molecule has 0 aromatic carbocycles. The summed E-state index contributed by atoms with van der Waals surface area (Å²) < 4.78 is 34.4. The first-order chi connectivity index (χ1) is 49.0. The number of rotatable bonds is 76. The van der Waals surface area contributed by atoms with E-state index >= 15 is 0 Å². The van der Waals surface area contributed by atoms with E-state index in [1.165, 1.54) is 212 Å². The number of carbonyl (C=O) groups is 2. The van der Waals surface area contributed by atoms with Crippen molar-refractivity contribution in [2.24, 2.45) is 0 Å². The molecule has 100 heavy (non-hydrogen) atoms. The molecule has 0 spiro atoms. The maximum atomic E-state index is 12.9. The Morgan fingerprint density at radius 1 is 0.320 bits per heavy atom. The molecule has 0 aliphatic rings. The third kappa shape index (κ3) is 82.8. The number of hydrogen-bond donors (Lipinski definition) is 0. The zero-order valence-corrected chi connectivity index (χ0v) is 66.5. The average molecular weight is 1410 g/mol. The molecule has 0 fully saturated rings. The molecule has 0 saturated carbocycles. The van der Waals surface area contributed by atoms with Crippen LogP contribution in [0.5, 0.6) is 0 Å². The SMILES string of the molecule is CC/C=C\C/C=C\C/C=C\C/C=C\C/C=C\C/C=C\C/C=C\C/C=C\C/C=C\C/C=C\CCCCCCC(=O)OC(COC(=O)CCCCCCCCCCCCCCCCCCCCCCCCCCCCCCC/C=C\C/C=C\CCCCCCC)COP(=O)([O-])OCC[N+](C)(C)C. The van der Waals surface area contributed by atoms with Gasteiger partial charge in [0.15, 0.2) is 6.10 Å². The number of phosphoric ester groups is 1. The van der Waals surface area contributed by atoms with Gasteiger partial charge in [0.05, 0.1) is 27.7 Å². The Bertz CT molecular complexity index is 2210. The van der Waals surface area contributed by atoms with Crippen LogP contribution in [-0.2, 0) is 32.7 Å². The van der Waals surface area contributed by atoms with Crippen LogP contribution in [-0.4, -0.2) is 70.0 Å². The Kier molecular flexibility index (Phi) is 75.8. The molecule has 0 radical (unpaired) electrons. The van der Waals surface area contributed by atoms with Crippen LogP contribution in [0.15, 0.2) is 146 Å². The molecule has 0 aromatic rings. The lowest BCUT2D eigenvalue weighted by atomic mass is 10.0. The smallest absolute Gasteiger partial charge is 0.306 e. The second-order valence-corrected chi connectivity index (χ2v) is 30.2. The number of allylic oxidation sites excluding steroid dienone is 24. The molecule has 0 rings (SSSR count). The fourth-order valence-corrected chi connectivity index (χ4v) is 12.3. The highest BCUT2D eigenvalue weighted by Crippen LogP contribution is 2.38. The molecular weight excluding hydrogens is 1250 g/mol. The van der Waals surface area contributed by atoms with Crippen LogP contribution in [0.25, 0.3) is 0 Å². The summed E-state index contributed by atoms with van der Waals surface area (Å²) in [6.07, 6.45) is 117. The van der Waals surface area contributed by atoms with Gasteiger partial charge in [-0.05, 0) is 122 Å². The molecule has 0 N–H and O–H groups in total. The number of likely N-dealkylation sites (N-methyl/N-ethyl adjacent to an activating group) is 1. The summed E-state index contributed by atoms with van der Waals surface area (Å²) in [5, 5.41) is 0. The van der Waals surface area contributed by atoms with E-state index in [9.17, 15) is 19.0 Å². The largest absolute Gasteiger partial charge is 0.756 e. The summed E-state index contributed by atoms with van der Waals surface area (Å²) in [7, 11) is 1.14. The topological polar surface area (TPSA) is 111 Å². The molecular formula is C90H156NO8P. The molecule has 574 valence electrons. The van der Waals surface area contributed by atoms with Gasteiger partial charge in [0.2, 0.25) is 0 Å². The van der Waals surface area contributed by atoms with Gasteiger partial charge in [0.25, 0.3) is 7.82 Å². The summed E-state index contributed by atoms with van der Waals surface area (Å²) >= 11 is 0. The van der Waals surface area contributed by atoms with Crippen LogP contribution in [0.2, 0.25) is 0 Å². The van der Waals surface area contributed by atoms with Crippen molar-refractivity contribution in [2.75, 3.05) is 47.5 Å². The van der Waals surface area contributed by atoms with Crippen molar-refractivity contribution in [1.82, 2.24) is 0 Å². The third-order valence-corrected chi connectivity index (χ3v) is 18.8. The first-order valence-corrected chi connectivity index (χ1v) is 43.0. The molecule has 9 nitrogen and oxygen atoms in total. The Morgan fingerprint density at radius 3 is 0.850 bits per heavy atom. The van der Waals surface area contributed by atoms with E-state index in [0.29, 0.717) is 17.4 Å². The quantitative estimate of drug-likeness (QED) is 0.0195. The van der Waals surface area contributed by atoms with Crippen molar-refractivity contribution in [3.05, 3.63) is 146 Å². The summed E-state index contributed by atoms with van der Waals surface area (Å²) in [6, 6.07) is 0. The lowest BCUT2D eigenvalue weighted by Crippen LogP contribution is -2.37. The van der Waals surface area contributed by atoms with Crippen molar-refractivity contribution in [3.8, 4) is 0 Å². The van der Waals surface area contributed by atoms with Crippen LogP contribution >= 0.6 is 7.82 Å². The highest BCUT2D eigenvalue weighted by molar-refractivity contribution is 7.45. The maximum absolute atomic E-state index is 12.9. The van der Waals surface area contributed by atoms with Crippen LogP contribution in [0.1, 0.15) is 361 Å². The molecule has 0 aliphatic heterocycles. The van der Waals surface area contributed by atoms with E-state index in [2.05, 4.69) is 160 Å². The van der Waals surface area contributed by atoms with Crippen molar-refractivity contribution < 1.29 is 42.1 Å². The Balaban J connectivity index is 4.00. The van der Waals surface area contributed by atoms with Gasteiger partial charge < -0.3 is 27.9 Å². The number of ether oxygens (including phenoxy) is 2. The minimum Gasteiger partial charge on any atom is -0.756 e.